The molecule has 0 unspecified atom stereocenters. The highest BCUT2D eigenvalue weighted by atomic mass is 16.3. The van der Waals surface area contributed by atoms with Gasteiger partial charge in [0.1, 0.15) is 0 Å². The first-order chi connectivity index (χ1) is 14.0. The zero-order chi connectivity index (χ0) is 20.4. The van der Waals surface area contributed by atoms with Crippen molar-refractivity contribution in [2.75, 3.05) is 26.2 Å². The molecule has 7 heteroatoms. The predicted molar refractivity (Wildman–Crippen MR) is 109 cm³/mol. The molecule has 2 aromatic heterocycles. The van der Waals surface area contributed by atoms with E-state index >= 15 is 0 Å². The minimum atomic E-state index is -0.153. The molecule has 0 aliphatic carbocycles. The summed E-state index contributed by atoms with van der Waals surface area (Å²) < 4.78 is 5.16. The number of fused-ring (bicyclic) bond motifs is 1. The predicted octanol–water partition coefficient (Wildman–Crippen LogP) is 2.35. The molecule has 0 spiro atoms. The van der Waals surface area contributed by atoms with Crippen LogP contribution in [0.15, 0.2) is 51.9 Å². The summed E-state index contributed by atoms with van der Waals surface area (Å²) in [4.78, 5) is 43.7. The van der Waals surface area contributed by atoms with Crippen LogP contribution in [0.5, 0.6) is 0 Å². The lowest BCUT2D eigenvalue weighted by atomic mass is 10.1. The monoisotopic (exact) mass is 393 g/mol. The summed E-state index contributed by atoms with van der Waals surface area (Å²) in [7, 11) is 0. The van der Waals surface area contributed by atoms with E-state index in [1.807, 2.05) is 31.2 Å². The Balaban J connectivity index is 1.35. The van der Waals surface area contributed by atoms with Crippen molar-refractivity contribution in [2.45, 2.75) is 19.8 Å². The molecule has 3 aromatic rings. The Kier molecular flexibility index (Phi) is 5.20. The lowest BCUT2D eigenvalue weighted by molar-refractivity contribution is -0.132. The van der Waals surface area contributed by atoms with Gasteiger partial charge in [-0.25, -0.2) is 0 Å². The van der Waals surface area contributed by atoms with Crippen molar-refractivity contribution in [3.63, 3.8) is 0 Å². The number of nitrogens with one attached hydrogen (secondary N) is 1. The zero-order valence-electron chi connectivity index (χ0n) is 16.3. The van der Waals surface area contributed by atoms with Gasteiger partial charge in [-0.2, -0.15) is 0 Å². The standard InChI is InChI=1S/C22H23N3O4/c1-15-4-2-5-16-14-17(21(27)23-20(15)16)7-8-19(26)24-9-11-25(12-10-24)22(28)18-6-3-13-29-18/h2-6,13-14H,7-12H2,1H3,(H,23,27). The molecule has 4 rings (SSSR count). The van der Waals surface area contributed by atoms with Crippen LogP contribution in [-0.2, 0) is 11.2 Å². The van der Waals surface area contributed by atoms with Crippen LogP contribution in [0.1, 0.15) is 28.1 Å². The highest BCUT2D eigenvalue weighted by Gasteiger charge is 2.26. The number of hydrogen-bond acceptors (Lipinski definition) is 4. The largest absolute Gasteiger partial charge is 0.459 e. The fourth-order valence-electron chi connectivity index (χ4n) is 3.73. The molecule has 2 amide bonds. The topological polar surface area (TPSA) is 86.6 Å². The molecule has 1 aliphatic rings. The number of benzene rings is 1. The van der Waals surface area contributed by atoms with Crippen molar-refractivity contribution in [3.8, 4) is 0 Å². The van der Waals surface area contributed by atoms with Crippen LogP contribution < -0.4 is 5.56 Å². The molecule has 150 valence electrons. The second kappa shape index (κ2) is 7.95. The highest BCUT2D eigenvalue weighted by Crippen LogP contribution is 2.16. The van der Waals surface area contributed by atoms with Crippen LogP contribution in [0, 0.1) is 6.92 Å². The second-order valence-corrected chi connectivity index (χ2v) is 7.31. The highest BCUT2D eigenvalue weighted by molar-refractivity contribution is 5.91. The van der Waals surface area contributed by atoms with Gasteiger partial charge in [-0.1, -0.05) is 18.2 Å². The van der Waals surface area contributed by atoms with Crippen molar-refractivity contribution < 1.29 is 14.0 Å². The number of carbonyl (C=O) groups is 2. The number of furan rings is 1. The van der Waals surface area contributed by atoms with E-state index < -0.39 is 0 Å². The summed E-state index contributed by atoms with van der Waals surface area (Å²) in [6.45, 7) is 3.87. The molecule has 0 saturated carbocycles. The molecule has 0 radical (unpaired) electrons. The summed E-state index contributed by atoms with van der Waals surface area (Å²) in [6.07, 6.45) is 2.14. The third-order valence-corrected chi connectivity index (χ3v) is 5.42. The van der Waals surface area contributed by atoms with E-state index in [-0.39, 0.29) is 23.8 Å². The van der Waals surface area contributed by atoms with E-state index in [0.717, 1.165) is 16.5 Å². The molecule has 1 aliphatic heterocycles. The van der Waals surface area contributed by atoms with Crippen LogP contribution in [0.4, 0.5) is 0 Å². The summed E-state index contributed by atoms with van der Waals surface area (Å²) >= 11 is 0. The van der Waals surface area contributed by atoms with Gasteiger partial charge >= 0.3 is 0 Å². The lowest BCUT2D eigenvalue weighted by Crippen LogP contribution is -2.50. The van der Waals surface area contributed by atoms with Crippen LogP contribution >= 0.6 is 0 Å². The molecular weight excluding hydrogens is 370 g/mol. The number of amides is 2. The molecule has 1 N–H and O–H groups in total. The van der Waals surface area contributed by atoms with E-state index in [2.05, 4.69) is 4.98 Å². The second-order valence-electron chi connectivity index (χ2n) is 7.31. The number of pyridine rings is 1. The average Bonchev–Trinajstić information content (AvgIpc) is 3.27. The summed E-state index contributed by atoms with van der Waals surface area (Å²) in [5.41, 5.74) is 2.32. The third kappa shape index (κ3) is 3.94. The van der Waals surface area contributed by atoms with Gasteiger partial charge in [0.05, 0.1) is 11.8 Å². The normalized spacial score (nSPS) is 14.4. The van der Waals surface area contributed by atoms with E-state index in [4.69, 9.17) is 4.42 Å². The number of aromatic nitrogens is 1. The first-order valence-corrected chi connectivity index (χ1v) is 9.75. The quantitative estimate of drug-likeness (QED) is 0.737. The number of H-pyrrole nitrogens is 1. The maximum Gasteiger partial charge on any atom is 0.289 e. The van der Waals surface area contributed by atoms with Gasteiger partial charge in [-0.3, -0.25) is 14.4 Å². The van der Waals surface area contributed by atoms with Gasteiger partial charge < -0.3 is 19.2 Å². The van der Waals surface area contributed by atoms with E-state index in [0.29, 0.717) is 43.9 Å². The number of aryl methyl sites for hydroxylation is 2. The SMILES string of the molecule is Cc1cccc2cc(CCC(=O)N3CCN(C(=O)c4ccco4)CC3)c(=O)[nH]c12. The molecule has 1 saturated heterocycles. The van der Waals surface area contributed by atoms with Crippen molar-refractivity contribution in [1.82, 2.24) is 14.8 Å². The van der Waals surface area contributed by atoms with Crippen LogP contribution in [-0.4, -0.2) is 52.8 Å². The van der Waals surface area contributed by atoms with Crippen LogP contribution in [0.25, 0.3) is 10.9 Å². The summed E-state index contributed by atoms with van der Waals surface area (Å²) in [5, 5.41) is 0.970. The number of rotatable bonds is 4. The van der Waals surface area contributed by atoms with Crippen LogP contribution in [0.3, 0.4) is 0 Å². The number of nitrogens with zero attached hydrogens (tertiary/aromatic N) is 2. The Labute approximate surface area is 167 Å². The van der Waals surface area contributed by atoms with Crippen LogP contribution in [0.2, 0.25) is 0 Å². The number of aromatic amines is 1. The van der Waals surface area contributed by atoms with Crippen molar-refractivity contribution in [3.05, 3.63) is 69.9 Å². The van der Waals surface area contributed by atoms with Crippen molar-refractivity contribution in [2.24, 2.45) is 0 Å². The molecule has 0 atom stereocenters. The van der Waals surface area contributed by atoms with Gasteiger partial charge in [0.15, 0.2) is 5.76 Å². The van der Waals surface area contributed by atoms with E-state index in [9.17, 15) is 14.4 Å². The molecular formula is C22H23N3O4. The van der Waals surface area contributed by atoms with Gasteiger partial charge in [0, 0.05) is 38.2 Å². The molecule has 29 heavy (non-hydrogen) atoms. The average molecular weight is 393 g/mol. The third-order valence-electron chi connectivity index (χ3n) is 5.42. The number of para-hydroxylation sites is 1. The fourth-order valence-corrected chi connectivity index (χ4v) is 3.73. The molecule has 0 bridgehead atoms. The Morgan fingerprint density at radius 2 is 1.83 bits per heavy atom. The molecule has 1 aromatic carbocycles. The Morgan fingerprint density at radius 1 is 1.07 bits per heavy atom. The number of hydrogen-bond donors (Lipinski definition) is 1. The molecule has 1 fully saturated rings. The smallest absolute Gasteiger partial charge is 0.289 e. The van der Waals surface area contributed by atoms with Crippen molar-refractivity contribution in [1.29, 1.82) is 0 Å². The van der Waals surface area contributed by atoms with E-state index in [1.165, 1.54) is 6.26 Å². The maximum atomic E-state index is 12.6. The fraction of sp³-hybridized carbons (Fsp3) is 0.318. The van der Waals surface area contributed by atoms with Crippen molar-refractivity contribution >= 4 is 22.7 Å². The summed E-state index contributed by atoms with van der Waals surface area (Å²) in [6, 6.07) is 11.1. The minimum absolute atomic E-state index is 0.00108. The number of piperazine rings is 1. The molecule has 3 heterocycles. The van der Waals surface area contributed by atoms with Gasteiger partial charge in [0.2, 0.25) is 5.91 Å². The Morgan fingerprint density at radius 3 is 2.55 bits per heavy atom. The maximum absolute atomic E-state index is 12.6. The van der Waals surface area contributed by atoms with Gasteiger partial charge in [0.25, 0.3) is 11.5 Å². The first-order valence-electron chi connectivity index (χ1n) is 9.75. The lowest BCUT2D eigenvalue weighted by Gasteiger charge is -2.34. The molecule has 7 nitrogen and oxygen atoms in total. The Hall–Kier alpha value is -3.35. The minimum Gasteiger partial charge on any atom is -0.459 e. The van der Waals surface area contributed by atoms with Gasteiger partial charge in [-0.15, -0.1) is 0 Å². The van der Waals surface area contributed by atoms with Gasteiger partial charge in [-0.05, 0) is 42.5 Å². The summed E-state index contributed by atoms with van der Waals surface area (Å²) in [5.74, 6) is 0.162. The number of carbonyl (C=O) groups excluding carboxylic acids is 2. The zero-order valence-corrected chi connectivity index (χ0v) is 16.3. The first kappa shape index (κ1) is 19.0. The van der Waals surface area contributed by atoms with E-state index in [1.54, 1.807) is 21.9 Å². The Bertz CT molecular complexity index is 1090.